The van der Waals surface area contributed by atoms with Gasteiger partial charge in [-0.15, -0.1) is 0 Å². The predicted octanol–water partition coefficient (Wildman–Crippen LogP) is 4.05. The van der Waals surface area contributed by atoms with Gasteiger partial charge in [0.05, 0.1) is 12.1 Å². The van der Waals surface area contributed by atoms with Gasteiger partial charge in [-0.25, -0.2) is 0 Å². The summed E-state index contributed by atoms with van der Waals surface area (Å²) >= 11 is 0. The molecule has 0 radical (unpaired) electrons. The minimum Gasteiger partial charge on any atom is -0.390 e. The van der Waals surface area contributed by atoms with Crippen LogP contribution in [0.3, 0.4) is 0 Å². The van der Waals surface area contributed by atoms with Crippen molar-refractivity contribution in [2.24, 2.45) is 0 Å². The number of amides is 1. The molecule has 158 valence electrons. The maximum atomic E-state index is 12.7. The molecule has 29 heavy (non-hydrogen) atoms. The van der Waals surface area contributed by atoms with Gasteiger partial charge in [-0.05, 0) is 36.3 Å². The van der Waals surface area contributed by atoms with Gasteiger partial charge in [0.25, 0.3) is 0 Å². The van der Waals surface area contributed by atoms with Gasteiger partial charge in [0.15, 0.2) is 0 Å². The van der Waals surface area contributed by atoms with Crippen LogP contribution in [0, 0.1) is 0 Å². The highest BCUT2D eigenvalue weighted by Gasteiger charge is 2.23. The second kappa shape index (κ2) is 12.4. The summed E-state index contributed by atoms with van der Waals surface area (Å²) in [5.74, 6) is 0.109. The molecule has 0 spiro atoms. The fourth-order valence-electron chi connectivity index (χ4n) is 3.60. The maximum absolute atomic E-state index is 12.7. The van der Waals surface area contributed by atoms with Crippen LogP contribution in [0.15, 0.2) is 60.7 Å². The Hall–Kier alpha value is -2.17. The van der Waals surface area contributed by atoms with Crippen molar-refractivity contribution in [3.63, 3.8) is 0 Å². The average Bonchev–Trinajstić information content (AvgIpc) is 2.75. The Morgan fingerprint density at radius 2 is 1.55 bits per heavy atom. The van der Waals surface area contributed by atoms with E-state index in [-0.39, 0.29) is 17.9 Å². The monoisotopic (exact) mass is 396 g/mol. The lowest BCUT2D eigenvalue weighted by Gasteiger charge is -2.27. The molecule has 0 aromatic heterocycles. The maximum Gasteiger partial charge on any atom is 0.220 e. The van der Waals surface area contributed by atoms with Crippen molar-refractivity contribution in [2.45, 2.75) is 70.6 Å². The summed E-state index contributed by atoms with van der Waals surface area (Å²) in [7, 11) is 0. The topological polar surface area (TPSA) is 61.4 Å². The van der Waals surface area contributed by atoms with Crippen LogP contribution < -0.4 is 10.6 Å². The van der Waals surface area contributed by atoms with Crippen LogP contribution in [0.25, 0.3) is 0 Å². The summed E-state index contributed by atoms with van der Waals surface area (Å²) in [5, 5.41) is 17.4. The molecule has 3 unspecified atom stereocenters. The first-order valence-corrected chi connectivity index (χ1v) is 10.8. The molecule has 0 heterocycles. The van der Waals surface area contributed by atoms with E-state index >= 15 is 0 Å². The van der Waals surface area contributed by atoms with Gasteiger partial charge < -0.3 is 15.7 Å². The molecule has 2 aromatic carbocycles. The molecule has 0 fully saturated rings. The summed E-state index contributed by atoms with van der Waals surface area (Å²) in [5.41, 5.74) is 2.26. The van der Waals surface area contributed by atoms with Crippen LogP contribution in [0.2, 0.25) is 0 Å². The van der Waals surface area contributed by atoms with Gasteiger partial charge in [0, 0.05) is 19.0 Å². The number of hydrogen-bond donors (Lipinski definition) is 3. The molecule has 4 heteroatoms. The Morgan fingerprint density at radius 3 is 2.14 bits per heavy atom. The van der Waals surface area contributed by atoms with Crippen LogP contribution in [-0.2, 0) is 11.2 Å². The number of rotatable bonds is 12. The summed E-state index contributed by atoms with van der Waals surface area (Å²) in [6.45, 7) is 6.81. The highest BCUT2D eigenvalue weighted by atomic mass is 16.3. The Kier molecular flexibility index (Phi) is 9.89. The third-order valence-corrected chi connectivity index (χ3v) is 5.57. The molecule has 0 saturated carbocycles. The third kappa shape index (κ3) is 8.00. The standard InChI is InChI=1S/C25H36N2O2/c1-4-22(5-2)26-18-24(28)23(17-20-12-8-6-9-13-20)27-25(29)16-19(3)21-14-10-7-11-15-21/h6-15,19,22-24,26,28H,4-5,16-18H2,1-3H3,(H,27,29). The van der Waals surface area contributed by atoms with E-state index in [4.69, 9.17) is 0 Å². The van der Waals surface area contributed by atoms with E-state index in [2.05, 4.69) is 31.4 Å². The molecule has 0 saturated heterocycles. The molecule has 1 amide bonds. The van der Waals surface area contributed by atoms with E-state index in [1.807, 2.05) is 60.7 Å². The Balaban J connectivity index is 2.00. The smallest absolute Gasteiger partial charge is 0.220 e. The largest absolute Gasteiger partial charge is 0.390 e. The van der Waals surface area contributed by atoms with Crippen LogP contribution in [-0.4, -0.2) is 35.7 Å². The molecular formula is C25H36N2O2. The van der Waals surface area contributed by atoms with Gasteiger partial charge in [0.2, 0.25) is 5.91 Å². The average molecular weight is 397 g/mol. The van der Waals surface area contributed by atoms with Crippen molar-refractivity contribution in [2.75, 3.05) is 6.54 Å². The Labute approximate surface area is 175 Å². The molecule has 0 aliphatic rings. The summed E-state index contributed by atoms with van der Waals surface area (Å²) in [4.78, 5) is 12.7. The first-order chi connectivity index (χ1) is 14.0. The molecule has 3 atom stereocenters. The minimum atomic E-state index is -0.646. The van der Waals surface area contributed by atoms with Crippen molar-refractivity contribution >= 4 is 5.91 Å². The van der Waals surface area contributed by atoms with Crippen LogP contribution in [0.4, 0.5) is 0 Å². The van der Waals surface area contributed by atoms with Gasteiger partial charge in [-0.3, -0.25) is 4.79 Å². The van der Waals surface area contributed by atoms with Crippen LogP contribution >= 0.6 is 0 Å². The number of hydrogen-bond acceptors (Lipinski definition) is 3. The molecule has 0 bridgehead atoms. The number of benzene rings is 2. The van der Waals surface area contributed by atoms with E-state index in [1.165, 1.54) is 0 Å². The van der Waals surface area contributed by atoms with Crippen molar-refractivity contribution in [3.8, 4) is 0 Å². The zero-order valence-corrected chi connectivity index (χ0v) is 18.0. The number of nitrogens with one attached hydrogen (secondary N) is 2. The van der Waals surface area contributed by atoms with Crippen LogP contribution in [0.1, 0.15) is 57.1 Å². The second-order valence-corrected chi connectivity index (χ2v) is 7.87. The quantitative estimate of drug-likeness (QED) is 0.507. The van der Waals surface area contributed by atoms with Gasteiger partial charge in [-0.1, -0.05) is 81.4 Å². The SMILES string of the molecule is CCC(CC)NCC(O)C(Cc1ccccc1)NC(=O)CC(C)c1ccccc1. The number of carbonyl (C=O) groups is 1. The Bertz CT molecular complexity index is 701. The van der Waals surface area contributed by atoms with Gasteiger partial charge in [-0.2, -0.15) is 0 Å². The van der Waals surface area contributed by atoms with E-state index in [9.17, 15) is 9.90 Å². The molecule has 2 rings (SSSR count). The molecule has 2 aromatic rings. The zero-order chi connectivity index (χ0) is 21.1. The number of aliphatic hydroxyl groups is 1. The van der Waals surface area contributed by atoms with E-state index in [0.29, 0.717) is 25.4 Å². The van der Waals surface area contributed by atoms with Crippen molar-refractivity contribution in [1.82, 2.24) is 10.6 Å². The first kappa shape index (κ1) is 23.1. The summed E-state index contributed by atoms with van der Waals surface area (Å²) in [6, 6.07) is 20.1. The lowest BCUT2D eigenvalue weighted by molar-refractivity contribution is -0.123. The lowest BCUT2D eigenvalue weighted by Crippen LogP contribution is -2.50. The van der Waals surface area contributed by atoms with E-state index in [0.717, 1.165) is 24.0 Å². The highest BCUT2D eigenvalue weighted by Crippen LogP contribution is 2.18. The molecule has 3 N–H and O–H groups in total. The van der Waals surface area contributed by atoms with E-state index < -0.39 is 6.10 Å². The van der Waals surface area contributed by atoms with Crippen LogP contribution in [0.5, 0.6) is 0 Å². The molecule has 0 aliphatic heterocycles. The van der Waals surface area contributed by atoms with Crippen molar-refractivity contribution < 1.29 is 9.90 Å². The fraction of sp³-hybridized carbons (Fsp3) is 0.480. The first-order valence-electron chi connectivity index (χ1n) is 10.8. The van der Waals surface area contributed by atoms with Gasteiger partial charge in [0.1, 0.15) is 0 Å². The lowest BCUT2D eigenvalue weighted by atomic mass is 9.96. The zero-order valence-electron chi connectivity index (χ0n) is 18.0. The molecular weight excluding hydrogens is 360 g/mol. The van der Waals surface area contributed by atoms with Crippen molar-refractivity contribution in [3.05, 3.63) is 71.8 Å². The third-order valence-electron chi connectivity index (χ3n) is 5.57. The van der Waals surface area contributed by atoms with E-state index in [1.54, 1.807) is 0 Å². The summed E-state index contributed by atoms with van der Waals surface area (Å²) in [6.07, 6.45) is 2.41. The predicted molar refractivity (Wildman–Crippen MR) is 120 cm³/mol. The molecule has 0 aliphatic carbocycles. The van der Waals surface area contributed by atoms with Crippen molar-refractivity contribution in [1.29, 1.82) is 0 Å². The highest BCUT2D eigenvalue weighted by molar-refractivity contribution is 5.77. The number of aliphatic hydroxyl groups excluding tert-OH is 1. The second-order valence-electron chi connectivity index (χ2n) is 7.87. The summed E-state index contributed by atoms with van der Waals surface area (Å²) < 4.78 is 0. The minimum absolute atomic E-state index is 0.0242. The number of carbonyl (C=O) groups excluding carboxylic acids is 1. The van der Waals surface area contributed by atoms with Gasteiger partial charge >= 0.3 is 0 Å². The molecule has 4 nitrogen and oxygen atoms in total. The fourth-order valence-corrected chi connectivity index (χ4v) is 3.60. The Morgan fingerprint density at radius 1 is 0.966 bits per heavy atom. The normalized spacial score (nSPS) is 14.4.